The smallest absolute Gasteiger partial charge is 0.241 e. The molecular formula is C10H13BrClN3O3S. The second-order valence-electron chi connectivity index (χ2n) is 4.29. The summed E-state index contributed by atoms with van der Waals surface area (Å²) in [7, 11) is -3.82. The average molecular weight is 371 g/mol. The third-order valence-electron chi connectivity index (χ3n) is 2.34. The lowest BCUT2D eigenvalue weighted by molar-refractivity contribution is 0.312. The van der Waals surface area contributed by atoms with Crippen LogP contribution in [0.2, 0.25) is 5.02 Å². The molecule has 0 aromatic heterocycles. The van der Waals surface area contributed by atoms with Gasteiger partial charge >= 0.3 is 0 Å². The lowest BCUT2D eigenvalue weighted by Crippen LogP contribution is -2.52. The summed E-state index contributed by atoms with van der Waals surface area (Å²) < 4.78 is 27.1. The van der Waals surface area contributed by atoms with E-state index in [0.29, 0.717) is 9.50 Å². The molecular weight excluding hydrogens is 358 g/mol. The predicted molar refractivity (Wildman–Crippen MR) is 77.0 cm³/mol. The van der Waals surface area contributed by atoms with E-state index in [0.717, 1.165) is 0 Å². The van der Waals surface area contributed by atoms with Crippen molar-refractivity contribution in [3.8, 4) is 0 Å². The van der Waals surface area contributed by atoms with Crippen molar-refractivity contribution >= 4 is 43.4 Å². The maximum Gasteiger partial charge on any atom is 0.241 e. The summed E-state index contributed by atoms with van der Waals surface area (Å²) in [5.41, 5.74) is 4.21. The molecule has 0 saturated heterocycles. The molecule has 0 fully saturated rings. The number of hydrogen-bond acceptors (Lipinski definition) is 4. The fraction of sp³-hybridized carbons (Fsp3) is 0.300. The molecule has 0 aliphatic heterocycles. The molecule has 0 bridgehead atoms. The lowest BCUT2D eigenvalue weighted by Gasteiger charge is -2.24. The van der Waals surface area contributed by atoms with Gasteiger partial charge in [0.25, 0.3) is 0 Å². The number of amidine groups is 1. The fourth-order valence-electron chi connectivity index (χ4n) is 1.22. The topological polar surface area (TPSA) is 105 Å². The van der Waals surface area contributed by atoms with E-state index >= 15 is 0 Å². The van der Waals surface area contributed by atoms with Crippen LogP contribution in [0, 0.1) is 0 Å². The Hall–Kier alpha value is -0.830. The summed E-state index contributed by atoms with van der Waals surface area (Å²) in [6, 6.07) is 4.18. The highest BCUT2D eigenvalue weighted by atomic mass is 79.9. The zero-order valence-electron chi connectivity index (χ0n) is 10.2. The van der Waals surface area contributed by atoms with E-state index in [2.05, 4.69) is 25.8 Å². The summed E-state index contributed by atoms with van der Waals surface area (Å²) in [5, 5.41) is 11.8. The van der Waals surface area contributed by atoms with Crippen LogP contribution < -0.4 is 10.5 Å². The van der Waals surface area contributed by atoms with Gasteiger partial charge in [0, 0.05) is 4.47 Å². The first-order valence-corrected chi connectivity index (χ1v) is 7.72. The molecule has 0 spiro atoms. The van der Waals surface area contributed by atoms with Crippen LogP contribution in [0.4, 0.5) is 0 Å². The van der Waals surface area contributed by atoms with E-state index in [-0.39, 0.29) is 10.7 Å². The van der Waals surface area contributed by atoms with Gasteiger partial charge in [-0.25, -0.2) is 8.42 Å². The molecule has 1 aromatic carbocycles. The molecule has 0 saturated carbocycles. The Morgan fingerprint density at radius 1 is 1.53 bits per heavy atom. The van der Waals surface area contributed by atoms with E-state index in [9.17, 15) is 8.42 Å². The van der Waals surface area contributed by atoms with Crippen molar-refractivity contribution in [2.24, 2.45) is 10.9 Å². The maximum atomic E-state index is 12.2. The summed E-state index contributed by atoms with van der Waals surface area (Å²) in [5.74, 6) is -0.246. The van der Waals surface area contributed by atoms with Crippen LogP contribution in [-0.4, -0.2) is 25.0 Å². The van der Waals surface area contributed by atoms with Crippen molar-refractivity contribution in [2.45, 2.75) is 24.3 Å². The highest BCUT2D eigenvalue weighted by molar-refractivity contribution is 9.10. The zero-order valence-corrected chi connectivity index (χ0v) is 13.3. The van der Waals surface area contributed by atoms with Crippen molar-refractivity contribution in [3.63, 3.8) is 0 Å². The Morgan fingerprint density at radius 3 is 2.58 bits per heavy atom. The fourth-order valence-corrected chi connectivity index (χ4v) is 3.28. The Labute approximate surface area is 124 Å². The van der Waals surface area contributed by atoms with E-state index in [4.69, 9.17) is 22.5 Å². The number of oxime groups is 1. The summed E-state index contributed by atoms with van der Waals surface area (Å²) in [6.45, 7) is 2.95. The second kappa shape index (κ2) is 5.66. The van der Waals surface area contributed by atoms with Gasteiger partial charge in [-0.15, -0.1) is 0 Å². The van der Waals surface area contributed by atoms with Crippen molar-refractivity contribution < 1.29 is 13.6 Å². The van der Waals surface area contributed by atoms with Crippen molar-refractivity contribution in [1.82, 2.24) is 4.72 Å². The number of nitrogens with one attached hydrogen (secondary N) is 1. The van der Waals surface area contributed by atoms with Gasteiger partial charge in [0.05, 0.1) is 15.5 Å². The van der Waals surface area contributed by atoms with Crippen molar-refractivity contribution in [2.75, 3.05) is 0 Å². The average Bonchev–Trinajstić information content (AvgIpc) is 2.30. The number of sulfonamides is 1. The van der Waals surface area contributed by atoms with E-state index in [1.54, 1.807) is 0 Å². The summed E-state index contributed by atoms with van der Waals surface area (Å²) in [6.07, 6.45) is 0. The first kappa shape index (κ1) is 16.2. The van der Waals surface area contributed by atoms with Crippen LogP contribution in [0.5, 0.6) is 0 Å². The Morgan fingerprint density at radius 2 is 2.11 bits per heavy atom. The molecule has 9 heteroatoms. The van der Waals surface area contributed by atoms with Gasteiger partial charge in [0.2, 0.25) is 10.0 Å². The molecule has 0 unspecified atom stereocenters. The first-order valence-electron chi connectivity index (χ1n) is 5.07. The van der Waals surface area contributed by atoms with E-state index in [1.807, 2.05) is 0 Å². The Bertz CT molecular complexity index is 616. The summed E-state index contributed by atoms with van der Waals surface area (Å²) in [4.78, 5) is 0.0163. The number of benzene rings is 1. The zero-order chi connectivity index (χ0) is 14.8. The van der Waals surface area contributed by atoms with Crippen LogP contribution in [0.1, 0.15) is 13.8 Å². The Balaban J connectivity index is 3.15. The predicted octanol–water partition coefficient (Wildman–Crippen LogP) is 1.91. The number of nitrogens with two attached hydrogens (primary N) is 1. The third kappa shape index (κ3) is 3.82. The minimum atomic E-state index is -3.82. The van der Waals surface area contributed by atoms with Crippen LogP contribution >= 0.6 is 27.5 Å². The highest BCUT2D eigenvalue weighted by Gasteiger charge is 2.30. The van der Waals surface area contributed by atoms with E-state index in [1.165, 1.54) is 32.0 Å². The number of hydrogen-bond donors (Lipinski definition) is 3. The van der Waals surface area contributed by atoms with Gasteiger partial charge in [-0.2, -0.15) is 4.72 Å². The number of nitrogens with zero attached hydrogens (tertiary/aromatic N) is 1. The van der Waals surface area contributed by atoms with Crippen LogP contribution in [0.3, 0.4) is 0 Å². The summed E-state index contributed by atoms with van der Waals surface area (Å²) >= 11 is 8.95. The molecule has 0 radical (unpaired) electrons. The molecule has 1 rings (SSSR count). The van der Waals surface area contributed by atoms with Gasteiger partial charge in [-0.05, 0) is 48.0 Å². The van der Waals surface area contributed by atoms with E-state index < -0.39 is 15.6 Å². The molecule has 0 aliphatic carbocycles. The second-order valence-corrected chi connectivity index (χ2v) is 7.24. The molecule has 0 aliphatic rings. The monoisotopic (exact) mass is 369 g/mol. The molecule has 19 heavy (non-hydrogen) atoms. The molecule has 0 amide bonds. The van der Waals surface area contributed by atoms with Crippen LogP contribution in [-0.2, 0) is 10.0 Å². The minimum Gasteiger partial charge on any atom is -0.409 e. The third-order valence-corrected chi connectivity index (χ3v) is 5.21. The van der Waals surface area contributed by atoms with Gasteiger partial charge in [0.1, 0.15) is 0 Å². The molecule has 6 nitrogen and oxygen atoms in total. The SMILES string of the molecule is CC(C)(NS(=O)(=O)c1ccc(Cl)c(Br)c1)/C(N)=N/O. The number of halogens is 2. The largest absolute Gasteiger partial charge is 0.409 e. The highest BCUT2D eigenvalue weighted by Crippen LogP contribution is 2.25. The first-order chi connectivity index (χ1) is 8.60. The maximum absolute atomic E-state index is 12.2. The Kier molecular flexibility index (Phi) is 4.83. The molecule has 1 aromatic rings. The van der Waals surface area contributed by atoms with Crippen molar-refractivity contribution in [1.29, 1.82) is 0 Å². The molecule has 106 valence electrons. The number of rotatable bonds is 4. The van der Waals surface area contributed by atoms with Gasteiger partial charge in [-0.3, -0.25) is 0 Å². The van der Waals surface area contributed by atoms with Crippen molar-refractivity contribution in [3.05, 3.63) is 27.7 Å². The lowest BCUT2D eigenvalue weighted by atomic mass is 10.1. The quantitative estimate of drug-likeness (QED) is 0.326. The van der Waals surface area contributed by atoms with Crippen LogP contribution in [0.15, 0.2) is 32.7 Å². The van der Waals surface area contributed by atoms with Gasteiger partial charge in [-0.1, -0.05) is 16.8 Å². The minimum absolute atomic E-state index is 0.0163. The molecule has 4 N–H and O–H groups in total. The normalized spacial score (nSPS) is 13.6. The van der Waals surface area contributed by atoms with Crippen LogP contribution in [0.25, 0.3) is 0 Å². The molecule has 0 atom stereocenters. The van der Waals surface area contributed by atoms with Gasteiger partial charge in [0.15, 0.2) is 5.84 Å². The standard InChI is InChI=1S/C10H13BrClN3O3S/c1-10(2,9(13)14-16)15-19(17,18)6-3-4-8(12)7(11)5-6/h3-5,15-16H,1-2H3,(H2,13,14). The molecule has 0 heterocycles. The van der Waals surface area contributed by atoms with Gasteiger partial charge < -0.3 is 10.9 Å².